The van der Waals surface area contributed by atoms with E-state index < -0.39 is 22.1 Å². The monoisotopic (exact) mass is 422 g/mol. The van der Waals surface area contributed by atoms with Crippen LogP contribution in [-0.4, -0.2) is 8.42 Å². The van der Waals surface area contributed by atoms with Gasteiger partial charge in [0.1, 0.15) is 0 Å². The minimum absolute atomic E-state index is 0.0645. The molecule has 0 saturated carbocycles. The molecular weight excluding hydrogens is 392 g/mol. The second kappa shape index (κ2) is 10.0. The van der Waals surface area contributed by atoms with Crippen molar-refractivity contribution < 1.29 is 8.42 Å². The van der Waals surface area contributed by atoms with Crippen LogP contribution in [-0.2, 0) is 28.6 Å². The topological polar surface area (TPSA) is 72.2 Å². The summed E-state index contributed by atoms with van der Waals surface area (Å²) in [6.45, 7) is 4.15. The van der Waals surface area contributed by atoms with Crippen LogP contribution in [0.25, 0.3) is 0 Å². The molecule has 0 aromatic heterocycles. The first kappa shape index (κ1) is 22.2. The molecule has 0 aliphatic carbocycles. The van der Waals surface area contributed by atoms with Gasteiger partial charge in [0.05, 0.1) is 17.8 Å². The molecule has 0 fully saturated rings. The average Bonchev–Trinajstić information content (AvgIpc) is 2.78. The molecular formula is C25H30N2O2S. The molecule has 4 nitrogen and oxygen atoms in total. The van der Waals surface area contributed by atoms with E-state index in [0.717, 1.165) is 35.1 Å². The van der Waals surface area contributed by atoms with Gasteiger partial charge in [-0.25, -0.2) is 13.1 Å². The highest BCUT2D eigenvalue weighted by Crippen LogP contribution is 2.28. The van der Waals surface area contributed by atoms with E-state index in [1.54, 1.807) is 0 Å². The summed E-state index contributed by atoms with van der Waals surface area (Å²) in [5.74, 6) is -0.0645. The third-order valence-corrected chi connectivity index (χ3v) is 6.72. The van der Waals surface area contributed by atoms with Crippen LogP contribution >= 0.6 is 0 Å². The van der Waals surface area contributed by atoms with Crippen LogP contribution in [0, 0.1) is 0 Å². The number of rotatable bonds is 9. The van der Waals surface area contributed by atoms with Gasteiger partial charge in [0, 0.05) is 0 Å². The van der Waals surface area contributed by atoms with E-state index in [4.69, 9.17) is 5.73 Å². The van der Waals surface area contributed by atoms with Crippen molar-refractivity contribution in [2.45, 2.75) is 44.5 Å². The summed E-state index contributed by atoms with van der Waals surface area (Å²) in [4.78, 5) is 0. The largest absolute Gasteiger partial charge is 0.322 e. The molecule has 3 rings (SSSR count). The van der Waals surface area contributed by atoms with Gasteiger partial charge >= 0.3 is 0 Å². The fraction of sp³-hybridized carbons (Fsp3) is 0.280. The van der Waals surface area contributed by atoms with E-state index in [1.165, 1.54) is 5.56 Å². The fourth-order valence-electron chi connectivity index (χ4n) is 3.69. The molecule has 30 heavy (non-hydrogen) atoms. The lowest BCUT2D eigenvalue weighted by Crippen LogP contribution is -2.36. The molecule has 3 aromatic carbocycles. The number of aryl methyl sites for hydroxylation is 2. The molecule has 2 atom stereocenters. The van der Waals surface area contributed by atoms with Crippen molar-refractivity contribution in [3.05, 3.63) is 107 Å². The van der Waals surface area contributed by atoms with E-state index >= 15 is 0 Å². The predicted octanol–water partition coefficient (Wildman–Crippen LogP) is 4.67. The molecule has 0 heterocycles. The molecule has 0 radical (unpaired) electrons. The highest BCUT2D eigenvalue weighted by atomic mass is 32.2. The van der Waals surface area contributed by atoms with E-state index in [0.29, 0.717) is 0 Å². The normalized spacial score (nSPS) is 13.7. The summed E-state index contributed by atoms with van der Waals surface area (Å²) in [7, 11) is -3.62. The number of hydrogen-bond donors (Lipinski definition) is 2. The lowest BCUT2D eigenvalue weighted by molar-refractivity contribution is 0.503. The Morgan fingerprint density at radius 1 is 0.800 bits per heavy atom. The van der Waals surface area contributed by atoms with Crippen LogP contribution in [0.3, 0.4) is 0 Å². The minimum Gasteiger partial charge on any atom is -0.322 e. The molecule has 3 aromatic rings. The molecule has 0 aliphatic heterocycles. The van der Waals surface area contributed by atoms with Crippen molar-refractivity contribution >= 4 is 10.0 Å². The molecule has 0 amide bonds. The summed E-state index contributed by atoms with van der Waals surface area (Å²) in [6, 6.07) is 24.1. The van der Waals surface area contributed by atoms with Crippen LogP contribution in [0.2, 0.25) is 0 Å². The highest BCUT2D eigenvalue weighted by Gasteiger charge is 2.27. The molecule has 5 heteroatoms. The van der Waals surface area contributed by atoms with Crippen LogP contribution in [0.1, 0.15) is 53.7 Å². The van der Waals surface area contributed by atoms with Gasteiger partial charge in [0.15, 0.2) is 0 Å². The number of benzene rings is 3. The summed E-state index contributed by atoms with van der Waals surface area (Å²) in [6.07, 6.45) is 1.73. The number of nitrogens with two attached hydrogens (primary N) is 1. The number of sulfonamides is 1. The van der Waals surface area contributed by atoms with Crippen molar-refractivity contribution in [2.24, 2.45) is 5.73 Å². The molecule has 158 valence electrons. The summed E-state index contributed by atoms with van der Waals surface area (Å²) in [5.41, 5.74) is 11.4. The maximum Gasteiger partial charge on any atom is 0.216 e. The Balaban J connectivity index is 1.90. The number of hydrogen-bond acceptors (Lipinski definition) is 3. The maximum absolute atomic E-state index is 13.2. The van der Waals surface area contributed by atoms with Gasteiger partial charge in [-0.1, -0.05) is 92.7 Å². The Morgan fingerprint density at radius 3 is 1.97 bits per heavy atom. The van der Waals surface area contributed by atoms with Gasteiger partial charge in [-0.05, 0) is 40.7 Å². The standard InChI is InChI=1S/C25H30N2O2S/c1-3-19-15-16-23(20(4-2)17-19)18-30(28,29)27-25(22-13-9-6-10-14-22)24(26)21-11-7-5-8-12-21/h5-17,24-25,27H,3-4,18,26H2,1-2H3. The van der Waals surface area contributed by atoms with Crippen molar-refractivity contribution in [1.29, 1.82) is 0 Å². The van der Waals surface area contributed by atoms with Gasteiger partial charge in [0.2, 0.25) is 10.0 Å². The van der Waals surface area contributed by atoms with Crippen molar-refractivity contribution in [2.75, 3.05) is 0 Å². The Kier molecular flexibility index (Phi) is 7.43. The first-order valence-corrected chi connectivity index (χ1v) is 12.0. The van der Waals surface area contributed by atoms with Crippen LogP contribution in [0.4, 0.5) is 0 Å². The summed E-state index contributed by atoms with van der Waals surface area (Å²) < 4.78 is 29.2. The first-order chi connectivity index (χ1) is 14.4. The molecule has 0 bridgehead atoms. The zero-order valence-corrected chi connectivity index (χ0v) is 18.4. The van der Waals surface area contributed by atoms with E-state index in [2.05, 4.69) is 24.6 Å². The van der Waals surface area contributed by atoms with Gasteiger partial charge in [-0.2, -0.15) is 0 Å². The molecule has 3 N–H and O–H groups in total. The minimum atomic E-state index is -3.62. The Bertz CT molecular complexity index is 1050. The molecule has 0 saturated heterocycles. The Labute approximate surface area is 180 Å². The average molecular weight is 423 g/mol. The zero-order chi connectivity index (χ0) is 21.6. The van der Waals surface area contributed by atoms with Crippen molar-refractivity contribution in [3.63, 3.8) is 0 Å². The molecule has 2 unspecified atom stereocenters. The zero-order valence-electron chi connectivity index (χ0n) is 17.6. The Hall–Kier alpha value is -2.47. The SMILES string of the molecule is CCc1ccc(CS(=O)(=O)NC(c2ccccc2)C(N)c2ccccc2)c(CC)c1. The summed E-state index contributed by atoms with van der Waals surface area (Å²) >= 11 is 0. The lowest BCUT2D eigenvalue weighted by Gasteiger charge is -2.26. The maximum atomic E-state index is 13.2. The van der Waals surface area contributed by atoms with Gasteiger partial charge in [-0.3, -0.25) is 0 Å². The van der Waals surface area contributed by atoms with Gasteiger partial charge in [-0.15, -0.1) is 0 Å². The summed E-state index contributed by atoms with van der Waals surface area (Å²) in [5, 5.41) is 0. The number of nitrogens with one attached hydrogen (secondary N) is 1. The van der Waals surface area contributed by atoms with E-state index in [1.807, 2.05) is 72.8 Å². The first-order valence-electron chi connectivity index (χ1n) is 10.4. The fourth-order valence-corrected chi connectivity index (χ4v) is 5.13. The Morgan fingerprint density at radius 2 is 1.40 bits per heavy atom. The smallest absolute Gasteiger partial charge is 0.216 e. The third-order valence-electron chi connectivity index (χ3n) is 5.41. The quantitative estimate of drug-likeness (QED) is 0.526. The predicted molar refractivity (Wildman–Crippen MR) is 124 cm³/mol. The van der Waals surface area contributed by atoms with Crippen molar-refractivity contribution in [3.8, 4) is 0 Å². The second-order valence-corrected chi connectivity index (χ2v) is 9.27. The molecule has 0 aliphatic rings. The van der Waals surface area contributed by atoms with Crippen LogP contribution in [0.15, 0.2) is 78.9 Å². The van der Waals surface area contributed by atoms with Gasteiger partial charge < -0.3 is 5.73 Å². The van der Waals surface area contributed by atoms with Gasteiger partial charge in [0.25, 0.3) is 0 Å². The lowest BCUT2D eigenvalue weighted by atomic mass is 9.95. The molecule has 0 spiro atoms. The van der Waals surface area contributed by atoms with E-state index in [9.17, 15) is 8.42 Å². The van der Waals surface area contributed by atoms with Crippen LogP contribution < -0.4 is 10.5 Å². The third kappa shape index (κ3) is 5.57. The van der Waals surface area contributed by atoms with E-state index in [-0.39, 0.29) is 5.75 Å². The van der Waals surface area contributed by atoms with Crippen LogP contribution in [0.5, 0.6) is 0 Å². The van der Waals surface area contributed by atoms with Crippen molar-refractivity contribution in [1.82, 2.24) is 4.72 Å². The highest BCUT2D eigenvalue weighted by molar-refractivity contribution is 7.88. The second-order valence-electron chi connectivity index (χ2n) is 7.51.